The summed E-state index contributed by atoms with van der Waals surface area (Å²) in [4.78, 5) is 4.01. The Labute approximate surface area is 120 Å². The first-order valence-electron chi connectivity index (χ1n) is 5.94. The van der Waals surface area contributed by atoms with Crippen LogP contribution in [0.5, 0.6) is 0 Å². The molecule has 0 spiro atoms. The fraction of sp³-hybridized carbons (Fsp3) is 0. The van der Waals surface area contributed by atoms with E-state index in [0.29, 0.717) is 11.0 Å². The summed E-state index contributed by atoms with van der Waals surface area (Å²) in [6, 6.07) is 11.4. The molecule has 0 aliphatic heterocycles. The zero-order valence-corrected chi connectivity index (χ0v) is 11.1. The molecule has 0 fully saturated rings. The summed E-state index contributed by atoms with van der Waals surface area (Å²) in [6.07, 6.45) is 5.10. The van der Waals surface area contributed by atoms with Crippen LogP contribution in [0.15, 0.2) is 53.9 Å². The van der Waals surface area contributed by atoms with E-state index in [4.69, 9.17) is 11.6 Å². The summed E-state index contributed by atoms with van der Waals surface area (Å²) in [5.41, 5.74) is 3.77. The normalized spacial score (nSPS) is 11.1. The Morgan fingerprint density at radius 2 is 1.90 bits per heavy atom. The fourth-order valence-corrected chi connectivity index (χ4v) is 1.98. The quantitative estimate of drug-likeness (QED) is 0.592. The molecule has 3 aromatic rings. The zero-order valence-electron chi connectivity index (χ0n) is 10.4. The van der Waals surface area contributed by atoms with Crippen LogP contribution in [0.3, 0.4) is 0 Å². The summed E-state index contributed by atoms with van der Waals surface area (Å²) in [5.74, 6) is 0.560. The summed E-state index contributed by atoms with van der Waals surface area (Å²) >= 11 is 6.01. The second-order valence-corrected chi connectivity index (χ2v) is 4.40. The van der Waals surface area contributed by atoms with E-state index in [1.807, 2.05) is 36.4 Å². The second kappa shape index (κ2) is 5.63. The molecule has 0 saturated carbocycles. The van der Waals surface area contributed by atoms with Gasteiger partial charge in [0.15, 0.2) is 11.0 Å². The third kappa shape index (κ3) is 2.57. The molecular weight excluding hydrogens is 274 g/mol. The molecule has 0 aliphatic carbocycles. The number of pyridine rings is 1. The average molecular weight is 284 g/mol. The smallest absolute Gasteiger partial charge is 0.176 e. The summed E-state index contributed by atoms with van der Waals surface area (Å²) in [5, 5.41) is 14.1. The lowest BCUT2D eigenvalue weighted by Crippen LogP contribution is -1.97. The van der Waals surface area contributed by atoms with E-state index < -0.39 is 0 Å². The standard InChI is InChI=1S/C14H10ClN5/c15-13-11-5-1-2-6-12(11)14(20-18-13)19-17-9-10-4-3-7-16-8-10/h1-9H,(H,19,20)/b17-9-. The number of nitrogens with one attached hydrogen (secondary N) is 1. The second-order valence-electron chi connectivity index (χ2n) is 4.04. The predicted octanol–water partition coefficient (Wildman–Crippen LogP) is 3.12. The highest BCUT2D eigenvalue weighted by Crippen LogP contribution is 2.25. The minimum atomic E-state index is 0.377. The lowest BCUT2D eigenvalue weighted by molar-refractivity contribution is 1.04. The van der Waals surface area contributed by atoms with Crippen molar-refractivity contribution in [3.63, 3.8) is 0 Å². The van der Waals surface area contributed by atoms with Gasteiger partial charge in [0.05, 0.1) is 6.21 Å². The van der Waals surface area contributed by atoms with Crippen LogP contribution in [0, 0.1) is 0 Å². The Morgan fingerprint density at radius 3 is 2.70 bits per heavy atom. The van der Waals surface area contributed by atoms with Crippen molar-refractivity contribution in [1.82, 2.24) is 15.2 Å². The van der Waals surface area contributed by atoms with Crippen molar-refractivity contribution in [2.24, 2.45) is 5.10 Å². The molecule has 1 aromatic carbocycles. The van der Waals surface area contributed by atoms with Crippen molar-refractivity contribution >= 4 is 34.4 Å². The largest absolute Gasteiger partial charge is 0.264 e. The molecule has 5 nitrogen and oxygen atoms in total. The van der Waals surface area contributed by atoms with Gasteiger partial charge in [-0.2, -0.15) is 5.10 Å². The molecule has 0 aliphatic rings. The van der Waals surface area contributed by atoms with E-state index >= 15 is 0 Å². The van der Waals surface area contributed by atoms with Crippen molar-refractivity contribution in [1.29, 1.82) is 0 Å². The van der Waals surface area contributed by atoms with Crippen molar-refractivity contribution in [3.8, 4) is 0 Å². The maximum atomic E-state index is 6.01. The molecule has 98 valence electrons. The molecule has 0 unspecified atom stereocenters. The highest BCUT2D eigenvalue weighted by molar-refractivity contribution is 6.34. The summed E-state index contributed by atoms with van der Waals surface area (Å²) in [7, 11) is 0. The number of hydrogen-bond acceptors (Lipinski definition) is 5. The molecule has 20 heavy (non-hydrogen) atoms. The Kier molecular flexibility index (Phi) is 3.52. The molecule has 0 amide bonds. The first-order chi connectivity index (χ1) is 9.84. The Hall–Kier alpha value is -2.53. The number of hydrazone groups is 1. The lowest BCUT2D eigenvalue weighted by Gasteiger charge is -2.04. The first kappa shape index (κ1) is 12.5. The summed E-state index contributed by atoms with van der Waals surface area (Å²) in [6.45, 7) is 0. The predicted molar refractivity (Wildman–Crippen MR) is 80.0 cm³/mol. The Balaban J connectivity index is 1.89. The molecule has 1 N–H and O–H groups in total. The number of fused-ring (bicyclic) bond motifs is 1. The van der Waals surface area contributed by atoms with Crippen LogP contribution in [-0.2, 0) is 0 Å². The zero-order chi connectivity index (χ0) is 13.8. The monoisotopic (exact) mass is 283 g/mol. The van der Waals surface area contributed by atoms with E-state index in [-0.39, 0.29) is 0 Å². The summed E-state index contributed by atoms with van der Waals surface area (Å²) < 4.78 is 0. The van der Waals surface area contributed by atoms with Gasteiger partial charge in [-0.05, 0) is 6.07 Å². The number of nitrogens with zero attached hydrogens (tertiary/aromatic N) is 4. The van der Waals surface area contributed by atoms with Crippen LogP contribution in [0.4, 0.5) is 5.82 Å². The van der Waals surface area contributed by atoms with Gasteiger partial charge in [0.2, 0.25) is 0 Å². The van der Waals surface area contributed by atoms with Gasteiger partial charge in [-0.25, -0.2) is 0 Å². The van der Waals surface area contributed by atoms with Gasteiger partial charge in [0.1, 0.15) is 0 Å². The third-order valence-corrected chi connectivity index (χ3v) is 2.99. The molecule has 2 heterocycles. The van der Waals surface area contributed by atoms with Crippen LogP contribution in [-0.4, -0.2) is 21.4 Å². The number of hydrogen-bond donors (Lipinski definition) is 1. The number of benzene rings is 1. The van der Waals surface area contributed by atoms with E-state index in [0.717, 1.165) is 16.3 Å². The van der Waals surface area contributed by atoms with Crippen molar-refractivity contribution in [2.45, 2.75) is 0 Å². The van der Waals surface area contributed by atoms with E-state index in [9.17, 15) is 0 Å². The SMILES string of the molecule is Clc1nnc(N/N=C\c2cccnc2)c2ccccc12. The van der Waals surface area contributed by atoms with Crippen molar-refractivity contribution in [2.75, 3.05) is 5.43 Å². The molecule has 0 bridgehead atoms. The van der Waals surface area contributed by atoms with E-state index in [1.165, 1.54) is 0 Å². The van der Waals surface area contributed by atoms with Gasteiger partial charge in [0, 0.05) is 28.7 Å². The minimum Gasteiger partial charge on any atom is -0.264 e. The highest BCUT2D eigenvalue weighted by atomic mass is 35.5. The number of anilines is 1. The lowest BCUT2D eigenvalue weighted by atomic mass is 10.2. The minimum absolute atomic E-state index is 0.377. The van der Waals surface area contributed by atoms with Gasteiger partial charge < -0.3 is 0 Å². The van der Waals surface area contributed by atoms with Crippen LogP contribution < -0.4 is 5.43 Å². The Morgan fingerprint density at radius 1 is 1.05 bits per heavy atom. The van der Waals surface area contributed by atoms with Gasteiger partial charge >= 0.3 is 0 Å². The molecule has 0 saturated heterocycles. The van der Waals surface area contributed by atoms with Crippen LogP contribution in [0.2, 0.25) is 5.15 Å². The van der Waals surface area contributed by atoms with E-state index in [1.54, 1.807) is 18.6 Å². The molecule has 0 radical (unpaired) electrons. The van der Waals surface area contributed by atoms with E-state index in [2.05, 4.69) is 25.7 Å². The number of halogens is 1. The first-order valence-corrected chi connectivity index (χ1v) is 6.32. The topological polar surface area (TPSA) is 63.1 Å². The molecule has 3 rings (SSSR count). The molecule has 0 atom stereocenters. The van der Waals surface area contributed by atoms with Gasteiger partial charge in [-0.15, -0.1) is 10.2 Å². The fourth-order valence-electron chi connectivity index (χ4n) is 1.77. The van der Waals surface area contributed by atoms with Gasteiger partial charge in [-0.1, -0.05) is 41.9 Å². The Bertz CT molecular complexity index is 758. The molecule has 2 aromatic heterocycles. The maximum absolute atomic E-state index is 6.01. The van der Waals surface area contributed by atoms with Gasteiger partial charge in [-0.3, -0.25) is 10.4 Å². The third-order valence-electron chi connectivity index (χ3n) is 2.71. The average Bonchev–Trinajstić information content (AvgIpc) is 2.51. The number of aromatic nitrogens is 3. The number of rotatable bonds is 3. The molecular formula is C14H10ClN5. The van der Waals surface area contributed by atoms with Gasteiger partial charge in [0.25, 0.3) is 0 Å². The van der Waals surface area contributed by atoms with Crippen LogP contribution >= 0.6 is 11.6 Å². The highest BCUT2D eigenvalue weighted by Gasteiger charge is 2.05. The van der Waals surface area contributed by atoms with Crippen LogP contribution in [0.1, 0.15) is 5.56 Å². The van der Waals surface area contributed by atoms with Crippen LogP contribution in [0.25, 0.3) is 10.8 Å². The molecule has 6 heteroatoms. The van der Waals surface area contributed by atoms with Crippen molar-refractivity contribution in [3.05, 3.63) is 59.5 Å². The van der Waals surface area contributed by atoms with Crippen molar-refractivity contribution < 1.29 is 0 Å². The maximum Gasteiger partial charge on any atom is 0.176 e.